The fourth-order valence-electron chi connectivity index (χ4n) is 2.51. The van der Waals surface area contributed by atoms with E-state index in [2.05, 4.69) is 49.5 Å². The molecule has 2 atom stereocenters. The molecule has 4 heteroatoms. The van der Waals surface area contributed by atoms with Gasteiger partial charge in [-0.25, -0.2) is 0 Å². The highest BCUT2D eigenvalue weighted by atomic mass is 32.2. The summed E-state index contributed by atoms with van der Waals surface area (Å²) in [6.45, 7) is 5.27. The van der Waals surface area contributed by atoms with Crippen molar-refractivity contribution in [3.63, 3.8) is 0 Å². The summed E-state index contributed by atoms with van der Waals surface area (Å²) in [5.74, 6) is 4.13. The van der Waals surface area contributed by atoms with Gasteiger partial charge >= 0.3 is 0 Å². The van der Waals surface area contributed by atoms with Gasteiger partial charge < -0.3 is 9.47 Å². The second-order valence-electron chi connectivity index (χ2n) is 5.84. The van der Waals surface area contributed by atoms with Crippen molar-refractivity contribution in [1.29, 1.82) is 0 Å². The average molecular weight is 341 g/mol. The highest BCUT2D eigenvalue weighted by Crippen LogP contribution is 2.36. The van der Waals surface area contributed by atoms with Crippen LogP contribution in [0.3, 0.4) is 0 Å². The lowest BCUT2D eigenvalue weighted by Crippen LogP contribution is -2.26. The number of hydrogen-bond donors (Lipinski definition) is 0. The lowest BCUT2D eigenvalue weighted by molar-refractivity contribution is 0.00208. The smallest absolute Gasteiger partial charge is 0.118 e. The van der Waals surface area contributed by atoms with Gasteiger partial charge in [-0.15, -0.1) is 23.5 Å². The maximum Gasteiger partial charge on any atom is 0.118 e. The molecule has 124 valence electrons. The molecule has 1 aliphatic rings. The second kappa shape index (κ2) is 9.74. The topological polar surface area (TPSA) is 18.5 Å². The Morgan fingerprint density at radius 3 is 2.45 bits per heavy atom. The van der Waals surface area contributed by atoms with Crippen LogP contribution in [-0.4, -0.2) is 29.3 Å². The first-order valence-electron chi connectivity index (χ1n) is 8.20. The first-order chi connectivity index (χ1) is 10.7. The SMILES string of the molecule is CC[C@H](C)[C@@H](CC1SCCCS1)OCc1ccc(OC)cc1. The molecule has 0 amide bonds. The molecule has 0 bridgehead atoms. The van der Waals surface area contributed by atoms with E-state index in [0.717, 1.165) is 5.75 Å². The van der Waals surface area contributed by atoms with E-state index in [9.17, 15) is 0 Å². The Hall–Kier alpha value is -0.320. The maximum absolute atomic E-state index is 6.29. The zero-order valence-corrected chi connectivity index (χ0v) is 15.6. The van der Waals surface area contributed by atoms with Crippen LogP contribution in [0.25, 0.3) is 0 Å². The molecule has 0 saturated carbocycles. The molecular weight excluding hydrogens is 312 g/mol. The summed E-state index contributed by atoms with van der Waals surface area (Å²) in [6.07, 6.45) is 4.05. The van der Waals surface area contributed by atoms with Crippen LogP contribution in [-0.2, 0) is 11.3 Å². The summed E-state index contributed by atoms with van der Waals surface area (Å²) < 4.78 is 12.2. The van der Waals surface area contributed by atoms with Gasteiger partial charge in [-0.1, -0.05) is 32.4 Å². The van der Waals surface area contributed by atoms with Crippen molar-refractivity contribution >= 4 is 23.5 Å². The molecule has 1 fully saturated rings. The Labute approximate surface area is 143 Å². The fraction of sp³-hybridized carbons (Fsp3) is 0.667. The molecule has 0 N–H and O–H groups in total. The molecule has 0 aliphatic carbocycles. The lowest BCUT2D eigenvalue weighted by Gasteiger charge is -2.29. The standard InChI is InChI=1S/C18H28O2S2/c1-4-14(2)17(12-18-21-10-5-11-22-18)20-13-15-6-8-16(19-3)9-7-15/h6-9,14,17-18H,4-5,10-13H2,1-3H3/t14-,17+/m0/s1. The van der Waals surface area contributed by atoms with E-state index in [4.69, 9.17) is 9.47 Å². The number of thioether (sulfide) groups is 2. The van der Waals surface area contributed by atoms with E-state index < -0.39 is 0 Å². The molecule has 2 rings (SSSR count). The molecule has 1 aliphatic heterocycles. The first-order valence-corrected chi connectivity index (χ1v) is 10.3. The van der Waals surface area contributed by atoms with Crippen LogP contribution < -0.4 is 4.74 Å². The van der Waals surface area contributed by atoms with E-state index in [1.165, 1.54) is 36.3 Å². The summed E-state index contributed by atoms with van der Waals surface area (Å²) in [5, 5.41) is 0. The van der Waals surface area contributed by atoms with E-state index in [-0.39, 0.29) is 0 Å². The largest absolute Gasteiger partial charge is 0.497 e. The molecule has 1 saturated heterocycles. The minimum absolute atomic E-state index is 0.357. The summed E-state index contributed by atoms with van der Waals surface area (Å²) in [6, 6.07) is 8.20. The monoisotopic (exact) mass is 340 g/mol. The average Bonchev–Trinajstić information content (AvgIpc) is 2.59. The van der Waals surface area contributed by atoms with Crippen LogP contribution in [0.4, 0.5) is 0 Å². The summed E-state index contributed by atoms with van der Waals surface area (Å²) in [5.41, 5.74) is 1.22. The van der Waals surface area contributed by atoms with Crippen LogP contribution in [0.2, 0.25) is 0 Å². The van der Waals surface area contributed by atoms with Gasteiger partial charge in [0.25, 0.3) is 0 Å². The van der Waals surface area contributed by atoms with Crippen molar-refractivity contribution in [1.82, 2.24) is 0 Å². The minimum Gasteiger partial charge on any atom is -0.497 e. The van der Waals surface area contributed by atoms with Crippen LogP contribution in [0.15, 0.2) is 24.3 Å². The quantitative estimate of drug-likeness (QED) is 0.646. The van der Waals surface area contributed by atoms with Crippen molar-refractivity contribution in [2.75, 3.05) is 18.6 Å². The molecular formula is C18H28O2S2. The van der Waals surface area contributed by atoms with Gasteiger partial charge in [0.05, 0.1) is 24.4 Å². The highest BCUT2D eigenvalue weighted by Gasteiger charge is 2.24. The van der Waals surface area contributed by atoms with Crippen molar-refractivity contribution in [3.05, 3.63) is 29.8 Å². The predicted octanol–water partition coefficient (Wildman–Crippen LogP) is 5.21. The third-order valence-corrected chi connectivity index (χ3v) is 7.22. The number of methoxy groups -OCH3 is 1. The van der Waals surface area contributed by atoms with Gasteiger partial charge in [-0.2, -0.15) is 0 Å². The van der Waals surface area contributed by atoms with Gasteiger partial charge in [0.15, 0.2) is 0 Å². The van der Waals surface area contributed by atoms with Crippen molar-refractivity contribution in [2.24, 2.45) is 5.92 Å². The Kier molecular flexibility index (Phi) is 7.98. The second-order valence-corrected chi connectivity index (χ2v) is 8.76. The third kappa shape index (κ3) is 5.71. The van der Waals surface area contributed by atoms with E-state index in [0.29, 0.717) is 23.2 Å². The molecule has 1 aromatic carbocycles. The maximum atomic E-state index is 6.29. The number of hydrogen-bond acceptors (Lipinski definition) is 4. The Morgan fingerprint density at radius 2 is 1.86 bits per heavy atom. The van der Waals surface area contributed by atoms with E-state index in [1.807, 2.05) is 12.1 Å². The first kappa shape index (κ1) is 18.0. The van der Waals surface area contributed by atoms with Crippen molar-refractivity contribution < 1.29 is 9.47 Å². The van der Waals surface area contributed by atoms with Crippen LogP contribution in [0.5, 0.6) is 5.75 Å². The number of rotatable bonds is 8. The van der Waals surface area contributed by atoms with Gasteiger partial charge in [0.1, 0.15) is 5.75 Å². The lowest BCUT2D eigenvalue weighted by atomic mass is 9.99. The van der Waals surface area contributed by atoms with Crippen molar-refractivity contribution in [2.45, 2.75) is 50.4 Å². The summed E-state index contributed by atoms with van der Waals surface area (Å²) in [7, 11) is 1.70. The molecule has 0 unspecified atom stereocenters. The molecule has 0 spiro atoms. The third-order valence-electron chi connectivity index (χ3n) is 4.22. The number of ether oxygens (including phenoxy) is 2. The highest BCUT2D eigenvalue weighted by molar-refractivity contribution is 8.17. The van der Waals surface area contributed by atoms with Crippen LogP contribution >= 0.6 is 23.5 Å². The minimum atomic E-state index is 0.357. The van der Waals surface area contributed by atoms with Crippen molar-refractivity contribution in [3.8, 4) is 5.75 Å². The molecule has 1 heterocycles. The van der Waals surface area contributed by atoms with Crippen LogP contribution in [0, 0.1) is 5.92 Å². The number of benzene rings is 1. The molecule has 0 aromatic heterocycles. The molecule has 1 aromatic rings. The Balaban J connectivity index is 1.87. The summed E-state index contributed by atoms with van der Waals surface area (Å²) >= 11 is 4.22. The predicted molar refractivity (Wildman–Crippen MR) is 99.0 cm³/mol. The normalized spacial score (nSPS) is 18.9. The van der Waals surface area contributed by atoms with Gasteiger partial charge in [-0.3, -0.25) is 0 Å². The Bertz CT molecular complexity index is 416. The van der Waals surface area contributed by atoms with Gasteiger partial charge in [0.2, 0.25) is 0 Å². The molecule has 22 heavy (non-hydrogen) atoms. The van der Waals surface area contributed by atoms with Gasteiger partial charge in [0, 0.05) is 0 Å². The summed E-state index contributed by atoms with van der Waals surface area (Å²) in [4.78, 5) is 0. The van der Waals surface area contributed by atoms with Gasteiger partial charge in [-0.05, 0) is 48.0 Å². The van der Waals surface area contributed by atoms with E-state index in [1.54, 1.807) is 7.11 Å². The zero-order valence-electron chi connectivity index (χ0n) is 13.9. The molecule has 2 nitrogen and oxygen atoms in total. The fourth-order valence-corrected chi connectivity index (χ4v) is 5.46. The zero-order chi connectivity index (χ0) is 15.8. The van der Waals surface area contributed by atoms with Crippen LogP contribution in [0.1, 0.15) is 38.7 Å². The molecule has 0 radical (unpaired) electrons. The van der Waals surface area contributed by atoms with E-state index >= 15 is 0 Å². The Morgan fingerprint density at radius 1 is 1.18 bits per heavy atom.